The highest BCUT2D eigenvalue weighted by Crippen LogP contribution is 2.30. The minimum atomic E-state index is -0.442. The molecule has 164 valence electrons. The third kappa shape index (κ3) is 5.01. The van der Waals surface area contributed by atoms with Crippen LogP contribution >= 0.6 is 15.9 Å². The van der Waals surface area contributed by atoms with Gasteiger partial charge in [-0.05, 0) is 45.4 Å². The molecule has 0 unspecified atom stereocenters. The third-order valence-corrected chi connectivity index (χ3v) is 5.44. The number of hydrogen-bond acceptors (Lipinski definition) is 9. The number of hydrogen-bond donors (Lipinski definition) is 0. The Morgan fingerprint density at radius 2 is 2.13 bits per heavy atom. The first-order valence-corrected chi connectivity index (χ1v) is 10.6. The normalized spacial score (nSPS) is 14.6. The highest BCUT2D eigenvalue weighted by molar-refractivity contribution is 9.10. The van der Waals surface area contributed by atoms with E-state index >= 15 is 0 Å². The van der Waals surface area contributed by atoms with Gasteiger partial charge in [0.1, 0.15) is 24.2 Å². The molecule has 1 saturated heterocycles. The molecule has 3 aromatic rings. The average Bonchev–Trinajstić information content (AvgIpc) is 3.41. The Hall–Kier alpha value is -3.02. The summed E-state index contributed by atoms with van der Waals surface area (Å²) in [4.78, 5) is 13.8. The average molecular weight is 495 g/mol. The van der Waals surface area contributed by atoms with Gasteiger partial charge in [-0.25, -0.2) is 9.07 Å². The van der Waals surface area contributed by atoms with E-state index in [2.05, 4.69) is 41.5 Å². The standard InChI is InChI=1S/C19H20BrFN6O4/c1-2-29-18(28)11-27-19(22-24-25-27)16-10-17(23-31-16)26-7-5-13(6-8-26)30-15-9-12(21)3-4-14(15)20/h3-4,9-10,13H,2,5-8,11H2,1H3. The molecule has 1 aliphatic heterocycles. The van der Waals surface area contributed by atoms with Gasteiger partial charge in [-0.2, -0.15) is 0 Å². The maximum Gasteiger partial charge on any atom is 0.327 e. The van der Waals surface area contributed by atoms with Gasteiger partial charge in [-0.1, -0.05) is 5.16 Å². The van der Waals surface area contributed by atoms with E-state index in [1.165, 1.54) is 16.8 Å². The minimum absolute atomic E-state index is 0.0300. The lowest BCUT2D eigenvalue weighted by atomic mass is 10.1. The molecule has 0 amide bonds. The Kier molecular flexibility index (Phi) is 6.44. The number of tetrazole rings is 1. The second kappa shape index (κ2) is 9.41. The molecule has 0 radical (unpaired) electrons. The zero-order chi connectivity index (χ0) is 21.8. The zero-order valence-corrected chi connectivity index (χ0v) is 18.3. The number of piperidine rings is 1. The van der Waals surface area contributed by atoms with Crippen molar-refractivity contribution >= 4 is 27.7 Å². The number of carbonyl (C=O) groups excluding carboxylic acids is 1. The molecule has 12 heteroatoms. The van der Waals surface area contributed by atoms with Crippen molar-refractivity contribution in [3.8, 4) is 17.3 Å². The predicted molar refractivity (Wildman–Crippen MR) is 110 cm³/mol. The van der Waals surface area contributed by atoms with Gasteiger partial charge >= 0.3 is 5.97 Å². The molecular formula is C19H20BrFN6O4. The molecule has 1 fully saturated rings. The van der Waals surface area contributed by atoms with Gasteiger partial charge in [0.2, 0.25) is 11.6 Å². The molecule has 0 aliphatic carbocycles. The second-order valence-electron chi connectivity index (χ2n) is 6.89. The van der Waals surface area contributed by atoms with Crippen LogP contribution in [-0.2, 0) is 16.1 Å². The maximum atomic E-state index is 13.5. The van der Waals surface area contributed by atoms with Gasteiger partial charge in [-0.15, -0.1) is 5.10 Å². The van der Waals surface area contributed by atoms with E-state index in [4.69, 9.17) is 14.0 Å². The van der Waals surface area contributed by atoms with Crippen LogP contribution in [0.3, 0.4) is 0 Å². The molecule has 1 aromatic carbocycles. The van der Waals surface area contributed by atoms with E-state index in [1.54, 1.807) is 19.1 Å². The van der Waals surface area contributed by atoms with Crippen LogP contribution in [0, 0.1) is 5.82 Å². The van der Waals surface area contributed by atoms with Crippen LogP contribution in [0.2, 0.25) is 0 Å². The molecule has 0 N–H and O–H groups in total. The van der Waals surface area contributed by atoms with Crippen LogP contribution in [0.5, 0.6) is 5.75 Å². The number of esters is 1. The van der Waals surface area contributed by atoms with Gasteiger partial charge in [0, 0.05) is 38.1 Å². The molecule has 2 aromatic heterocycles. The fourth-order valence-corrected chi connectivity index (χ4v) is 3.63. The predicted octanol–water partition coefficient (Wildman–Crippen LogP) is 2.84. The first-order chi connectivity index (χ1) is 15.0. The molecular weight excluding hydrogens is 475 g/mol. The van der Waals surface area contributed by atoms with Crippen LogP contribution in [0.1, 0.15) is 19.8 Å². The highest BCUT2D eigenvalue weighted by Gasteiger charge is 2.25. The monoisotopic (exact) mass is 494 g/mol. The molecule has 1 aliphatic rings. The molecule has 10 nitrogen and oxygen atoms in total. The van der Waals surface area contributed by atoms with E-state index in [9.17, 15) is 9.18 Å². The van der Waals surface area contributed by atoms with Crippen molar-refractivity contribution < 1.29 is 23.2 Å². The van der Waals surface area contributed by atoms with Crippen molar-refractivity contribution in [2.24, 2.45) is 0 Å². The molecule has 0 atom stereocenters. The van der Waals surface area contributed by atoms with Crippen LogP contribution in [0.4, 0.5) is 10.2 Å². The van der Waals surface area contributed by atoms with Gasteiger partial charge in [0.05, 0.1) is 11.1 Å². The molecule has 31 heavy (non-hydrogen) atoms. The van der Waals surface area contributed by atoms with Gasteiger partial charge in [0.25, 0.3) is 0 Å². The minimum Gasteiger partial charge on any atom is -0.489 e. The van der Waals surface area contributed by atoms with Crippen molar-refractivity contribution in [1.82, 2.24) is 25.4 Å². The first kappa shape index (κ1) is 21.2. The summed E-state index contributed by atoms with van der Waals surface area (Å²) in [5, 5.41) is 15.4. The third-order valence-electron chi connectivity index (χ3n) is 4.79. The molecule has 0 spiro atoms. The van der Waals surface area contributed by atoms with Crippen LogP contribution in [0.25, 0.3) is 11.6 Å². The summed E-state index contributed by atoms with van der Waals surface area (Å²) in [7, 11) is 0. The lowest BCUT2D eigenvalue weighted by molar-refractivity contribution is -0.144. The number of nitrogens with zero attached hydrogens (tertiary/aromatic N) is 6. The quantitative estimate of drug-likeness (QED) is 0.457. The number of ether oxygens (including phenoxy) is 2. The number of anilines is 1. The van der Waals surface area contributed by atoms with E-state index in [1.807, 2.05) is 0 Å². The van der Waals surface area contributed by atoms with Crippen LogP contribution in [-0.4, -0.2) is 57.1 Å². The van der Waals surface area contributed by atoms with Gasteiger partial charge < -0.3 is 18.9 Å². The van der Waals surface area contributed by atoms with Crippen molar-refractivity contribution in [1.29, 1.82) is 0 Å². The largest absolute Gasteiger partial charge is 0.489 e. The summed E-state index contributed by atoms with van der Waals surface area (Å²) in [6.07, 6.45) is 1.45. The fraction of sp³-hybridized carbons (Fsp3) is 0.421. The second-order valence-corrected chi connectivity index (χ2v) is 7.75. The molecule has 0 bridgehead atoms. The first-order valence-electron chi connectivity index (χ1n) is 9.79. The summed E-state index contributed by atoms with van der Waals surface area (Å²) < 4.78 is 31.8. The van der Waals surface area contributed by atoms with Crippen molar-refractivity contribution in [2.45, 2.75) is 32.4 Å². The van der Waals surface area contributed by atoms with Crippen molar-refractivity contribution in [3.05, 3.63) is 34.6 Å². The number of rotatable bonds is 7. The van der Waals surface area contributed by atoms with Crippen molar-refractivity contribution in [2.75, 3.05) is 24.6 Å². The fourth-order valence-electron chi connectivity index (χ4n) is 3.29. The number of carbonyl (C=O) groups is 1. The molecule has 0 saturated carbocycles. The SMILES string of the molecule is CCOC(=O)Cn1nnnc1-c1cc(N2CCC(Oc3cc(F)ccc3Br)CC2)no1. The lowest BCUT2D eigenvalue weighted by Crippen LogP contribution is -2.38. The van der Waals surface area contributed by atoms with Gasteiger partial charge in [-0.3, -0.25) is 4.79 Å². The summed E-state index contributed by atoms with van der Waals surface area (Å²) in [5.41, 5.74) is 0. The topological polar surface area (TPSA) is 108 Å². The Labute approximate surface area is 185 Å². The summed E-state index contributed by atoms with van der Waals surface area (Å²) in [6, 6.07) is 6.12. The summed E-state index contributed by atoms with van der Waals surface area (Å²) in [6.45, 7) is 3.27. The zero-order valence-electron chi connectivity index (χ0n) is 16.7. The van der Waals surface area contributed by atoms with E-state index in [-0.39, 0.29) is 25.1 Å². The Morgan fingerprint density at radius 1 is 1.32 bits per heavy atom. The number of benzene rings is 1. The molecule has 4 rings (SSSR count). The smallest absolute Gasteiger partial charge is 0.327 e. The number of aromatic nitrogens is 5. The summed E-state index contributed by atoms with van der Waals surface area (Å²) in [5.74, 6) is 1.01. The van der Waals surface area contributed by atoms with Gasteiger partial charge in [0.15, 0.2) is 5.82 Å². The number of halogens is 2. The Bertz CT molecular complexity index is 1050. The Balaban J connectivity index is 1.37. The van der Waals surface area contributed by atoms with Crippen LogP contribution in [0.15, 0.2) is 33.3 Å². The highest BCUT2D eigenvalue weighted by atomic mass is 79.9. The van der Waals surface area contributed by atoms with E-state index < -0.39 is 5.97 Å². The van der Waals surface area contributed by atoms with E-state index in [0.29, 0.717) is 36.2 Å². The molecule has 3 heterocycles. The Morgan fingerprint density at radius 3 is 2.90 bits per heavy atom. The van der Waals surface area contributed by atoms with Crippen molar-refractivity contribution in [3.63, 3.8) is 0 Å². The maximum absolute atomic E-state index is 13.5. The lowest BCUT2D eigenvalue weighted by Gasteiger charge is -2.32. The van der Waals surface area contributed by atoms with E-state index in [0.717, 1.165) is 17.3 Å². The summed E-state index contributed by atoms with van der Waals surface area (Å²) >= 11 is 3.39. The van der Waals surface area contributed by atoms with Crippen LogP contribution < -0.4 is 9.64 Å².